The molecule has 0 saturated carbocycles. The molecule has 1 aliphatic carbocycles. The second-order valence-electron chi connectivity index (χ2n) is 5.08. The number of hydrogen-bond acceptors (Lipinski definition) is 4. The van der Waals surface area contributed by atoms with Crippen LogP contribution >= 0.6 is 12.6 Å². The van der Waals surface area contributed by atoms with Gasteiger partial charge < -0.3 is 14.7 Å². The normalized spacial score (nSPS) is 33.1. The summed E-state index contributed by atoms with van der Waals surface area (Å²) in [5.74, 6) is 0.246. The number of hydrogen-bond donors (Lipinski definition) is 2. The monoisotopic (exact) mass is 269 g/mol. The van der Waals surface area contributed by atoms with Crippen molar-refractivity contribution in [2.75, 3.05) is 13.7 Å². The zero-order valence-corrected chi connectivity index (χ0v) is 12.3. The molecule has 18 heavy (non-hydrogen) atoms. The lowest BCUT2D eigenvalue weighted by molar-refractivity contribution is 0.00805. The van der Waals surface area contributed by atoms with E-state index in [1.807, 2.05) is 0 Å². The fourth-order valence-corrected chi connectivity index (χ4v) is 3.66. The van der Waals surface area contributed by atoms with Gasteiger partial charge in [0.15, 0.2) is 0 Å². The summed E-state index contributed by atoms with van der Waals surface area (Å²) in [6.07, 6.45) is 4.66. The average Bonchev–Trinajstić information content (AvgIpc) is 2.48. The highest BCUT2D eigenvalue weighted by Gasteiger charge is 2.34. The van der Waals surface area contributed by atoms with E-state index in [0.29, 0.717) is 0 Å². The molecule has 0 fully saturated rings. The Morgan fingerprint density at radius 1 is 1.56 bits per heavy atom. The van der Waals surface area contributed by atoms with E-state index < -0.39 is 0 Å². The number of ether oxygens (including phenoxy) is 1. The molecule has 0 aromatic rings. The minimum absolute atomic E-state index is 0.00596. The van der Waals surface area contributed by atoms with Gasteiger partial charge in [0.2, 0.25) is 0 Å². The van der Waals surface area contributed by atoms with Crippen LogP contribution < -0.4 is 0 Å². The maximum Gasteiger partial charge on any atom is 0.126 e. The van der Waals surface area contributed by atoms with Gasteiger partial charge in [-0.25, -0.2) is 0 Å². The van der Waals surface area contributed by atoms with Crippen molar-refractivity contribution >= 4 is 12.6 Å². The summed E-state index contributed by atoms with van der Waals surface area (Å²) in [6, 6.07) is 0. The Hall–Kier alpha value is -0.450. The van der Waals surface area contributed by atoms with Gasteiger partial charge in [-0.1, -0.05) is 6.92 Å². The molecule has 0 spiro atoms. The first-order valence-electron chi connectivity index (χ1n) is 6.71. The maximum atomic E-state index is 10.2. The fourth-order valence-electron chi connectivity index (χ4n) is 3.17. The lowest BCUT2D eigenvalue weighted by atomic mass is 9.88. The van der Waals surface area contributed by atoms with Gasteiger partial charge in [0.1, 0.15) is 6.23 Å². The van der Waals surface area contributed by atoms with Crippen molar-refractivity contribution in [1.82, 2.24) is 4.90 Å². The Morgan fingerprint density at radius 2 is 2.28 bits per heavy atom. The highest BCUT2D eigenvalue weighted by atomic mass is 32.1. The van der Waals surface area contributed by atoms with Gasteiger partial charge in [-0.15, -0.1) is 12.6 Å². The summed E-state index contributed by atoms with van der Waals surface area (Å²) >= 11 is 4.55. The summed E-state index contributed by atoms with van der Waals surface area (Å²) in [6.45, 7) is 5.08. The van der Waals surface area contributed by atoms with Gasteiger partial charge in [-0.05, 0) is 37.8 Å². The minimum Gasteiger partial charge on any atom is -0.376 e. The predicted octanol–water partition coefficient (Wildman–Crippen LogP) is 2.54. The van der Waals surface area contributed by atoms with Crippen LogP contribution in [0.3, 0.4) is 0 Å². The Balaban J connectivity index is 2.43. The molecule has 2 rings (SSSR count). The Labute approximate surface area is 115 Å². The Bertz CT molecular complexity index is 378. The molecular weight excluding hydrogens is 246 g/mol. The smallest absolute Gasteiger partial charge is 0.126 e. The van der Waals surface area contributed by atoms with Crippen LogP contribution in [0, 0.1) is 5.92 Å². The van der Waals surface area contributed by atoms with Crippen molar-refractivity contribution in [3.8, 4) is 0 Å². The first kappa shape index (κ1) is 14.0. The van der Waals surface area contributed by atoms with Gasteiger partial charge in [-0.2, -0.15) is 0 Å². The van der Waals surface area contributed by atoms with Crippen LogP contribution in [0.4, 0.5) is 0 Å². The van der Waals surface area contributed by atoms with Gasteiger partial charge in [0, 0.05) is 30.2 Å². The second kappa shape index (κ2) is 5.68. The zero-order chi connectivity index (χ0) is 13.3. The maximum absolute atomic E-state index is 10.2. The second-order valence-corrected chi connectivity index (χ2v) is 5.60. The summed E-state index contributed by atoms with van der Waals surface area (Å²) in [5, 5.41) is 10.2. The molecule has 4 heteroatoms. The minimum atomic E-state index is -0.364. The number of methoxy groups -OCH3 is 1. The van der Waals surface area contributed by atoms with E-state index in [9.17, 15) is 5.11 Å². The molecule has 3 nitrogen and oxygen atoms in total. The molecule has 102 valence electrons. The van der Waals surface area contributed by atoms with Gasteiger partial charge in [0.05, 0.1) is 6.10 Å². The van der Waals surface area contributed by atoms with E-state index in [1.54, 1.807) is 7.11 Å². The molecule has 3 unspecified atom stereocenters. The van der Waals surface area contributed by atoms with Gasteiger partial charge >= 0.3 is 0 Å². The molecule has 0 saturated heterocycles. The molecular formula is C14H23NO2S. The molecule has 0 radical (unpaired) electrons. The highest BCUT2D eigenvalue weighted by molar-refractivity contribution is 7.84. The van der Waals surface area contributed by atoms with Crippen LogP contribution in [0.1, 0.15) is 33.1 Å². The molecule has 3 atom stereocenters. The lowest BCUT2D eigenvalue weighted by Gasteiger charge is -2.39. The quantitative estimate of drug-likeness (QED) is 0.756. The van der Waals surface area contributed by atoms with Crippen molar-refractivity contribution in [2.24, 2.45) is 5.92 Å². The third-order valence-corrected chi connectivity index (χ3v) is 4.38. The third kappa shape index (κ3) is 2.33. The van der Waals surface area contributed by atoms with Crippen molar-refractivity contribution in [2.45, 2.75) is 45.4 Å². The molecule has 2 aliphatic rings. The summed E-state index contributed by atoms with van der Waals surface area (Å²) in [4.78, 5) is 3.12. The van der Waals surface area contributed by atoms with E-state index >= 15 is 0 Å². The number of aliphatic hydroxyl groups is 1. The number of aliphatic hydroxyl groups excluding tert-OH is 1. The van der Waals surface area contributed by atoms with E-state index in [2.05, 4.69) is 37.5 Å². The molecule has 0 bridgehead atoms. The largest absolute Gasteiger partial charge is 0.376 e. The molecule has 1 heterocycles. The number of thiol groups is 1. The average molecular weight is 269 g/mol. The van der Waals surface area contributed by atoms with Crippen LogP contribution in [0.25, 0.3) is 0 Å². The molecule has 0 aromatic carbocycles. The Kier molecular flexibility index (Phi) is 4.41. The van der Waals surface area contributed by atoms with E-state index in [0.717, 1.165) is 30.7 Å². The third-order valence-electron chi connectivity index (χ3n) is 4.00. The van der Waals surface area contributed by atoms with E-state index in [1.165, 1.54) is 11.3 Å². The van der Waals surface area contributed by atoms with Gasteiger partial charge in [-0.3, -0.25) is 0 Å². The predicted molar refractivity (Wildman–Crippen MR) is 76.3 cm³/mol. The first-order valence-corrected chi connectivity index (χ1v) is 7.16. The summed E-state index contributed by atoms with van der Waals surface area (Å²) < 4.78 is 5.55. The molecule has 0 aromatic heterocycles. The molecule has 1 N–H and O–H groups in total. The number of allylic oxidation sites excluding steroid dienone is 2. The van der Waals surface area contributed by atoms with Crippen molar-refractivity contribution in [3.05, 3.63) is 22.3 Å². The van der Waals surface area contributed by atoms with Crippen LogP contribution in [0.2, 0.25) is 0 Å². The fraction of sp³-hybridized carbons (Fsp3) is 0.714. The van der Waals surface area contributed by atoms with Crippen molar-refractivity contribution < 1.29 is 9.84 Å². The van der Waals surface area contributed by atoms with Crippen LogP contribution in [-0.2, 0) is 4.74 Å². The van der Waals surface area contributed by atoms with Crippen LogP contribution in [0.15, 0.2) is 22.3 Å². The molecule has 1 aliphatic heterocycles. The highest BCUT2D eigenvalue weighted by Crippen LogP contribution is 2.39. The van der Waals surface area contributed by atoms with Crippen LogP contribution in [0.5, 0.6) is 0 Å². The number of rotatable bonds is 2. The Morgan fingerprint density at radius 3 is 2.89 bits per heavy atom. The van der Waals surface area contributed by atoms with E-state index in [4.69, 9.17) is 4.74 Å². The summed E-state index contributed by atoms with van der Waals surface area (Å²) in [7, 11) is 1.72. The zero-order valence-electron chi connectivity index (χ0n) is 11.4. The topological polar surface area (TPSA) is 32.7 Å². The SMILES string of the molecule is CCN1C2=C(C=C(S)C(OC)C2C)CCCC1O. The lowest BCUT2D eigenvalue weighted by Crippen LogP contribution is -2.40. The van der Waals surface area contributed by atoms with E-state index in [-0.39, 0.29) is 18.2 Å². The molecule has 0 amide bonds. The van der Waals surface area contributed by atoms with Gasteiger partial charge in [0.25, 0.3) is 0 Å². The van der Waals surface area contributed by atoms with Crippen molar-refractivity contribution in [1.29, 1.82) is 0 Å². The van der Waals surface area contributed by atoms with Crippen LogP contribution in [-0.4, -0.2) is 36.0 Å². The number of nitrogens with zero attached hydrogens (tertiary/aromatic N) is 1. The summed E-state index contributed by atoms with van der Waals surface area (Å²) in [5.41, 5.74) is 2.56. The standard InChI is InChI=1S/C14H23NO2S/c1-4-15-12(16)7-5-6-10-8-11(18)14(17-3)9(2)13(10)15/h8-9,12,14,16,18H,4-7H2,1-3H3. The first-order chi connectivity index (χ1) is 8.60. The van der Waals surface area contributed by atoms with Crippen molar-refractivity contribution in [3.63, 3.8) is 0 Å².